The van der Waals surface area contributed by atoms with Gasteiger partial charge in [0.05, 0.1) is 23.4 Å². The number of carbonyl (C=O) groups excluding carboxylic acids is 1. The van der Waals surface area contributed by atoms with E-state index < -0.39 is 0 Å². The Morgan fingerprint density at radius 2 is 2.23 bits per heavy atom. The van der Waals surface area contributed by atoms with Crippen LogP contribution in [0.2, 0.25) is 0 Å². The maximum Gasteiger partial charge on any atom is 0.266 e. The van der Waals surface area contributed by atoms with Crippen molar-refractivity contribution in [2.45, 2.75) is 25.8 Å². The summed E-state index contributed by atoms with van der Waals surface area (Å²) in [6.07, 6.45) is 3.63. The first-order chi connectivity index (χ1) is 10.6. The monoisotopic (exact) mass is 316 g/mol. The van der Waals surface area contributed by atoms with Crippen LogP contribution in [-0.4, -0.2) is 41.4 Å². The minimum Gasteiger partial charge on any atom is -0.378 e. The van der Waals surface area contributed by atoms with Gasteiger partial charge in [-0.25, -0.2) is 0 Å². The van der Waals surface area contributed by atoms with Crippen LogP contribution in [0.15, 0.2) is 23.8 Å². The van der Waals surface area contributed by atoms with E-state index in [0.717, 1.165) is 36.5 Å². The van der Waals surface area contributed by atoms with Gasteiger partial charge in [-0.2, -0.15) is 0 Å². The number of anilines is 1. The Morgan fingerprint density at radius 1 is 1.41 bits per heavy atom. The van der Waals surface area contributed by atoms with Crippen molar-refractivity contribution < 1.29 is 4.79 Å². The predicted octanol–water partition coefficient (Wildman–Crippen LogP) is 2.89. The molecule has 0 radical (unpaired) electrons. The summed E-state index contributed by atoms with van der Waals surface area (Å²) in [6.45, 7) is 2.79. The van der Waals surface area contributed by atoms with Crippen LogP contribution in [-0.2, 0) is 0 Å². The van der Waals surface area contributed by atoms with Crippen molar-refractivity contribution in [2.24, 2.45) is 0 Å². The summed E-state index contributed by atoms with van der Waals surface area (Å²) in [7, 11) is 4.04. The SMILES string of the molecule is Cc1cc(N(C)C)cc(C2CCCN2C(=O)c2cncs2)n1. The highest BCUT2D eigenvalue weighted by Gasteiger charge is 2.32. The Balaban J connectivity index is 1.92. The molecule has 3 rings (SSSR count). The molecule has 1 amide bonds. The average molecular weight is 316 g/mol. The standard InChI is InChI=1S/C16H20N4OS/c1-11-7-12(19(2)3)8-13(18-11)14-5-4-6-20(14)16(21)15-9-17-10-22-15/h7-10,14H,4-6H2,1-3H3. The van der Waals surface area contributed by atoms with Crippen LogP contribution in [0.25, 0.3) is 0 Å². The molecule has 1 atom stereocenters. The van der Waals surface area contributed by atoms with Crippen molar-refractivity contribution in [3.05, 3.63) is 40.1 Å². The van der Waals surface area contributed by atoms with Crippen LogP contribution in [0.4, 0.5) is 5.69 Å². The van der Waals surface area contributed by atoms with Crippen LogP contribution in [0.3, 0.4) is 0 Å². The van der Waals surface area contributed by atoms with E-state index in [1.165, 1.54) is 11.3 Å². The van der Waals surface area contributed by atoms with Gasteiger partial charge in [0.1, 0.15) is 4.88 Å². The summed E-state index contributed by atoms with van der Waals surface area (Å²) in [5.41, 5.74) is 4.80. The number of hydrogen-bond donors (Lipinski definition) is 0. The third kappa shape index (κ3) is 2.83. The van der Waals surface area contributed by atoms with Crippen LogP contribution in [0.1, 0.15) is 39.9 Å². The summed E-state index contributed by atoms with van der Waals surface area (Å²) >= 11 is 1.40. The molecule has 2 aromatic rings. The Morgan fingerprint density at radius 3 is 2.91 bits per heavy atom. The van der Waals surface area contributed by atoms with Crippen molar-refractivity contribution in [1.29, 1.82) is 0 Å². The lowest BCUT2D eigenvalue weighted by molar-refractivity contribution is 0.0737. The van der Waals surface area contributed by atoms with E-state index in [2.05, 4.69) is 27.0 Å². The molecule has 1 fully saturated rings. The fourth-order valence-corrected chi connectivity index (χ4v) is 3.46. The second-order valence-electron chi connectivity index (χ2n) is 5.81. The van der Waals surface area contributed by atoms with Crippen LogP contribution in [0.5, 0.6) is 0 Å². The predicted molar refractivity (Wildman–Crippen MR) is 88.4 cm³/mol. The lowest BCUT2D eigenvalue weighted by atomic mass is 10.1. The third-order valence-corrected chi connectivity index (χ3v) is 4.73. The molecule has 1 unspecified atom stereocenters. The van der Waals surface area contributed by atoms with Gasteiger partial charge in [-0.3, -0.25) is 14.8 Å². The Labute approximate surface area is 134 Å². The maximum absolute atomic E-state index is 12.7. The third-order valence-electron chi connectivity index (χ3n) is 3.97. The highest BCUT2D eigenvalue weighted by atomic mass is 32.1. The van der Waals surface area contributed by atoms with Gasteiger partial charge < -0.3 is 9.80 Å². The highest BCUT2D eigenvalue weighted by Crippen LogP contribution is 2.34. The summed E-state index contributed by atoms with van der Waals surface area (Å²) in [4.78, 5) is 26.1. The summed E-state index contributed by atoms with van der Waals surface area (Å²) < 4.78 is 0. The van der Waals surface area contributed by atoms with E-state index in [9.17, 15) is 4.79 Å². The van der Waals surface area contributed by atoms with E-state index >= 15 is 0 Å². The van der Waals surface area contributed by atoms with Crippen LogP contribution in [0, 0.1) is 6.92 Å². The first-order valence-electron chi connectivity index (χ1n) is 7.41. The van der Waals surface area contributed by atoms with E-state index in [4.69, 9.17) is 0 Å². The molecule has 0 saturated carbocycles. The average Bonchev–Trinajstić information content (AvgIpc) is 3.17. The first-order valence-corrected chi connectivity index (χ1v) is 8.29. The van der Waals surface area contributed by atoms with Gasteiger partial charge in [0.25, 0.3) is 5.91 Å². The molecule has 3 heterocycles. The number of pyridine rings is 1. The molecule has 1 saturated heterocycles. The molecule has 0 aliphatic carbocycles. The minimum atomic E-state index is 0.0631. The highest BCUT2D eigenvalue weighted by molar-refractivity contribution is 7.11. The van der Waals surface area contributed by atoms with Crippen LogP contribution >= 0.6 is 11.3 Å². The topological polar surface area (TPSA) is 49.3 Å². The Bertz CT molecular complexity index is 669. The number of likely N-dealkylation sites (tertiary alicyclic amines) is 1. The lowest BCUT2D eigenvalue weighted by Gasteiger charge is -2.25. The van der Waals surface area contributed by atoms with Gasteiger partial charge in [-0.15, -0.1) is 11.3 Å². The molecule has 22 heavy (non-hydrogen) atoms. The van der Waals surface area contributed by atoms with Crippen molar-refractivity contribution >= 4 is 22.9 Å². The van der Waals surface area contributed by atoms with Gasteiger partial charge in [-0.1, -0.05) is 0 Å². The van der Waals surface area contributed by atoms with Crippen molar-refractivity contribution in [3.63, 3.8) is 0 Å². The minimum absolute atomic E-state index is 0.0631. The first kappa shape index (κ1) is 15.0. The van der Waals surface area contributed by atoms with E-state index in [-0.39, 0.29) is 11.9 Å². The number of hydrogen-bond acceptors (Lipinski definition) is 5. The van der Waals surface area contributed by atoms with Crippen molar-refractivity contribution in [3.8, 4) is 0 Å². The number of carbonyl (C=O) groups is 1. The lowest BCUT2D eigenvalue weighted by Crippen LogP contribution is -2.30. The number of aromatic nitrogens is 2. The van der Waals surface area contributed by atoms with Gasteiger partial charge in [-0.05, 0) is 31.9 Å². The van der Waals surface area contributed by atoms with Crippen LogP contribution < -0.4 is 4.90 Å². The zero-order valence-electron chi connectivity index (χ0n) is 13.1. The number of thiazole rings is 1. The summed E-state index contributed by atoms with van der Waals surface area (Å²) in [5.74, 6) is 0.0692. The number of amides is 1. The van der Waals surface area contributed by atoms with Crippen molar-refractivity contribution in [2.75, 3.05) is 25.5 Å². The molecule has 0 aromatic carbocycles. The number of aryl methyl sites for hydroxylation is 1. The summed E-state index contributed by atoms with van der Waals surface area (Å²) in [6, 6.07) is 4.22. The molecule has 0 N–H and O–H groups in total. The van der Waals surface area contributed by atoms with E-state index in [1.807, 2.05) is 25.9 Å². The van der Waals surface area contributed by atoms with Gasteiger partial charge in [0.2, 0.25) is 0 Å². The summed E-state index contributed by atoms with van der Waals surface area (Å²) in [5, 5.41) is 0. The number of rotatable bonds is 3. The second kappa shape index (κ2) is 6.04. The second-order valence-corrected chi connectivity index (χ2v) is 6.69. The Hall–Kier alpha value is -1.95. The fraction of sp³-hybridized carbons (Fsp3) is 0.438. The molecule has 1 aliphatic heterocycles. The zero-order chi connectivity index (χ0) is 15.7. The van der Waals surface area contributed by atoms with Gasteiger partial charge in [0.15, 0.2) is 0 Å². The van der Waals surface area contributed by atoms with Gasteiger partial charge >= 0.3 is 0 Å². The quantitative estimate of drug-likeness (QED) is 0.873. The Kier molecular flexibility index (Phi) is 4.11. The maximum atomic E-state index is 12.7. The smallest absolute Gasteiger partial charge is 0.266 e. The molecular weight excluding hydrogens is 296 g/mol. The molecule has 6 heteroatoms. The normalized spacial score (nSPS) is 17.8. The fourth-order valence-electron chi connectivity index (χ4n) is 2.88. The molecule has 0 bridgehead atoms. The molecule has 2 aromatic heterocycles. The molecular formula is C16H20N4OS. The van der Waals surface area contributed by atoms with E-state index in [0.29, 0.717) is 4.88 Å². The van der Waals surface area contributed by atoms with E-state index in [1.54, 1.807) is 11.7 Å². The molecule has 116 valence electrons. The largest absolute Gasteiger partial charge is 0.378 e. The molecule has 1 aliphatic rings. The van der Waals surface area contributed by atoms with Gasteiger partial charge in [0, 0.05) is 32.0 Å². The number of nitrogens with zero attached hydrogens (tertiary/aromatic N) is 4. The molecule has 5 nitrogen and oxygen atoms in total. The zero-order valence-corrected chi connectivity index (χ0v) is 13.9. The molecule has 0 spiro atoms. The van der Waals surface area contributed by atoms with Crippen molar-refractivity contribution in [1.82, 2.24) is 14.9 Å².